The van der Waals surface area contributed by atoms with Crippen LogP contribution in [0.3, 0.4) is 0 Å². The van der Waals surface area contributed by atoms with E-state index in [9.17, 15) is 18.3 Å². The number of anilines is 2. The van der Waals surface area contributed by atoms with Crippen LogP contribution in [0.4, 0.5) is 16.6 Å². The molecular formula is C27H33N5O5S. The van der Waals surface area contributed by atoms with E-state index in [1.807, 2.05) is 47.1 Å². The molecule has 1 saturated heterocycles. The molecule has 11 heteroatoms. The Kier molecular flexibility index (Phi) is 6.47. The van der Waals surface area contributed by atoms with Gasteiger partial charge in [0.1, 0.15) is 17.0 Å². The van der Waals surface area contributed by atoms with Crippen molar-refractivity contribution in [3.8, 4) is 0 Å². The van der Waals surface area contributed by atoms with Crippen molar-refractivity contribution in [2.24, 2.45) is 0 Å². The third-order valence-electron chi connectivity index (χ3n) is 6.63. The van der Waals surface area contributed by atoms with Gasteiger partial charge in [-0.1, -0.05) is 29.8 Å². The first-order chi connectivity index (χ1) is 17.8. The van der Waals surface area contributed by atoms with Gasteiger partial charge in [-0.2, -0.15) is 4.98 Å². The van der Waals surface area contributed by atoms with E-state index in [4.69, 9.17) is 14.7 Å². The Morgan fingerprint density at radius 1 is 1.13 bits per heavy atom. The highest BCUT2D eigenvalue weighted by atomic mass is 32.2. The second-order valence-corrected chi connectivity index (χ2v) is 13.2. The number of hydrogen-bond donors (Lipinski definition) is 2. The topological polar surface area (TPSA) is 125 Å². The number of ether oxygens (including phenoxy) is 1. The molecule has 202 valence electrons. The minimum absolute atomic E-state index is 0.0333. The van der Waals surface area contributed by atoms with Gasteiger partial charge in [-0.15, -0.1) is 0 Å². The normalized spacial score (nSPS) is 18.3. The molecule has 5 rings (SSSR count). The van der Waals surface area contributed by atoms with Gasteiger partial charge in [-0.25, -0.2) is 18.2 Å². The Morgan fingerprint density at radius 3 is 2.61 bits per heavy atom. The lowest BCUT2D eigenvalue weighted by atomic mass is 9.93. The highest BCUT2D eigenvalue weighted by Gasteiger charge is 2.43. The first-order valence-electron chi connectivity index (χ1n) is 12.6. The molecule has 0 spiro atoms. The lowest BCUT2D eigenvalue weighted by Crippen LogP contribution is -2.67. The van der Waals surface area contributed by atoms with E-state index in [0.29, 0.717) is 28.8 Å². The third-order valence-corrected chi connectivity index (χ3v) is 8.42. The lowest BCUT2D eigenvalue weighted by molar-refractivity contribution is 0.00464. The maximum absolute atomic E-state index is 12.9. The predicted molar refractivity (Wildman–Crippen MR) is 145 cm³/mol. The summed E-state index contributed by atoms with van der Waals surface area (Å²) in [7, 11) is -3.41. The zero-order chi connectivity index (χ0) is 27.3. The number of aliphatic hydroxyl groups is 1. The number of benzene rings is 2. The SMILES string of the molecule is Cc1ccc2nc(N3CCS(=O)(=O)c4ccccc4C3)nc(N3CC(O)(CNC(=O)OC(C)(C)C)C3)c2c1. The maximum atomic E-state index is 12.9. The minimum atomic E-state index is -3.41. The number of hydrogen-bond acceptors (Lipinski definition) is 9. The van der Waals surface area contributed by atoms with Gasteiger partial charge in [0.15, 0.2) is 9.84 Å². The average Bonchev–Trinajstić information content (AvgIpc) is 2.95. The summed E-state index contributed by atoms with van der Waals surface area (Å²) in [5, 5.41) is 14.5. The number of fused-ring (bicyclic) bond motifs is 2. The van der Waals surface area contributed by atoms with Crippen LogP contribution in [0.25, 0.3) is 10.9 Å². The van der Waals surface area contributed by atoms with Crippen LogP contribution in [-0.2, 0) is 21.1 Å². The van der Waals surface area contributed by atoms with E-state index >= 15 is 0 Å². The number of alkyl carbamates (subject to hydrolysis) is 1. The molecular weight excluding hydrogens is 506 g/mol. The fraction of sp³-hybridized carbons (Fsp3) is 0.444. The van der Waals surface area contributed by atoms with Gasteiger partial charge < -0.3 is 25.0 Å². The number of aryl methyl sites for hydroxylation is 1. The lowest BCUT2D eigenvalue weighted by Gasteiger charge is -2.47. The van der Waals surface area contributed by atoms with Crippen LogP contribution < -0.4 is 15.1 Å². The van der Waals surface area contributed by atoms with E-state index in [2.05, 4.69) is 5.32 Å². The molecule has 1 fully saturated rings. The molecule has 3 heterocycles. The van der Waals surface area contributed by atoms with Crippen molar-refractivity contribution in [3.05, 3.63) is 53.6 Å². The number of sulfone groups is 1. The van der Waals surface area contributed by atoms with Crippen LogP contribution in [0.15, 0.2) is 47.4 Å². The van der Waals surface area contributed by atoms with E-state index in [1.54, 1.807) is 32.9 Å². The summed E-state index contributed by atoms with van der Waals surface area (Å²) in [6.07, 6.45) is -0.578. The molecule has 0 aliphatic carbocycles. The Hall–Kier alpha value is -3.44. The van der Waals surface area contributed by atoms with Crippen LogP contribution in [0, 0.1) is 6.92 Å². The molecule has 0 bridgehead atoms. The standard InChI is InChI=1S/C27H33N5O5S/c1-18-9-10-21-20(13-18)23(32-16-27(34,17-32)15-28-25(33)37-26(2,3)4)30-24(29-21)31-11-12-38(35,36)22-8-6-5-7-19(22)14-31/h5-10,13,34H,11-12,14-17H2,1-4H3,(H,28,33). The number of nitrogens with zero attached hydrogens (tertiary/aromatic N) is 4. The zero-order valence-corrected chi connectivity index (χ0v) is 22.9. The number of rotatable bonds is 4. The van der Waals surface area contributed by atoms with Crippen LogP contribution in [0.1, 0.15) is 31.9 Å². The van der Waals surface area contributed by atoms with Crippen LogP contribution in [-0.4, -0.2) is 72.7 Å². The Balaban J connectivity index is 1.41. The van der Waals surface area contributed by atoms with Crippen LogP contribution in [0.2, 0.25) is 0 Å². The zero-order valence-electron chi connectivity index (χ0n) is 22.1. The third kappa shape index (κ3) is 5.39. The molecule has 1 amide bonds. The largest absolute Gasteiger partial charge is 0.444 e. The number of amides is 1. The highest BCUT2D eigenvalue weighted by Crippen LogP contribution is 2.34. The van der Waals surface area contributed by atoms with Crippen molar-refractivity contribution in [2.75, 3.05) is 41.7 Å². The van der Waals surface area contributed by atoms with E-state index in [1.165, 1.54) is 0 Å². The molecule has 0 unspecified atom stereocenters. The van der Waals surface area contributed by atoms with Crippen molar-refractivity contribution in [3.63, 3.8) is 0 Å². The Bertz CT molecular complexity index is 1500. The highest BCUT2D eigenvalue weighted by molar-refractivity contribution is 7.91. The Labute approximate surface area is 222 Å². The molecule has 0 saturated carbocycles. The Morgan fingerprint density at radius 2 is 1.87 bits per heavy atom. The van der Waals surface area contributed by atoms with Gasteiger partial charge in [-0.3, -0.25) is 0 Å². The van der Waals surface area contributed by atoms with Crippen LogP contribution >= 0.6 is 0 Å². The van der Waals surface area contributed by atoms with E-state index in [-0.39, 0.29) is 31.9 Å². The number of β-amino-alcohol motifs (C(OH)–C–C–N with tert-alkyl or cyclic N) is 1. The molecule has 38 heavy (non-hydrogen) atoms. The first kappa shape index (κ1) is 26.2. The van der Waals surface area contributed by atoms with Gasteiger partial charge in [0.2, 0.25) is 5.95 Å². The second-order valence-electron chi connectivity index (χ2n) is 11.2. The molecule has 3 aromatic rings. The fourth-order valence-corrected chi connectivity index (χ4v) is 6.31. The molecule has 2 aliphatic rings. The monoisotopic (exact) mass is 539 g/mol. The molecule has 1 aromatic heterocycles. The quantitative estimate of drug-likeness (QED) is 0.515. The summed E-state index contributed by atoms with van der Waals surface area (Å²) in [6, 6.07) is 13.0. The summed E-state index contributed by atoms with van der Waals surface area (Å²) in [5.41, 5.74) is 0.740. The van der Waals surface area contributed by atoms with Gasteiger partial charge in [-0.05, 0) is 51.5 Å². The molecule has 0 atom stereocenters. The predicted octanol–water partition coefficient (Wildman–Crippen LogP) is 2.81. The molecule has 10 nitrogen and oxygen atoms in total. The van der Waals surface area contributed by atoms with Gasteiger partial charge in [0, 0.05) is 18.5 Å². The summed E-state index contributed by atoms with van der Waals surface area (Å²) in [4.78, 5) is 25.9. The minimum Gasteiger partial charge on any atom is -0.444 e. The van der Waals surface area contributed by atoms with Gasteiger partial charge in [0.05, 0.1) is 35.8 Å². The summed E-state index contributed by atoms with van der Waals surface area (Å²) < 4.78 is 31.0. The average molecular weight is 540 g/mol. The van der Waals surface area contributed by atoms with Crippen LogP contribution in [0.5, 0.6) is 0 Å². The molecule has 2 aromatic carbocycles. The van der Waals surface area contributed by atoms with Crippen molar-refractivity contribution < 1.29 is 23.1 Å². The number of carbonyl (C=O) groups excluding carboxylic acids is 1. The number of carbonyl (C=O) groups is 1. The molecule has 2 N–H and O–H groups in total. The van der Waals surface area contributed by atoms with E-state index < -0.39 is 27.1 Å². The summed E-state index contributed by atoms with van der Waals surface area (Å²) >= 11 is 0. The van der Waals surface area contributed by atoms with Crippen molar-refractivity contribution in [1.29, 1.82) is 0 Å². The van der Waals surface area contributed by atoms with Crippen molar-refractivity contribution in [2.45, 2.75) is 50.3 Å². The second kappa shape index (κ2) is 9.39. The summed E-state index contributed by atoms with van der Waals surface area (Å²) in [5.74, 6) is 1.07. The smallest absolute Gasteiger partial charge is 0.407 e. The van der Waals surface area contributed by atoms with Crippen molar-refractivity contribution in [1.82, 2.24) is 15.3 Å². The fourth-order valence-electron chi connectivity index (χ4n) is 4.81. The molecule has 2 aliphatic heterocycles. The first-order valence-corrected chi connectivity index (χ1v) is 14.3. The number of aromatic nitrogens is 2. The van der Waals surface area contributed by atoms with E-state index in [0.717, 1.165) is 16.5 Å². The van der Waals surface area contributed by atoms with Gasteiger partial charge >= 0.3 is 6.09 Å². The maximum Gasteiger partial charge on any atom is 0.407 e. The van der Waals surface area contributed by atoms with Crippen molar-refractivity contribution >= 4 is 38.6 Å². The number of nitrogens with one attached hydrogen (secondary N) is 1. The summed E-state index contributed by atoms with van der Waals surface area (Å²) in [6.45, 7) is 8.55. The van der Waals surface area contributed by atoms with Gasteiger partial charge in [0.25, 0.3) is 0 Å². The molecule has 0 radical (unpaired) electrons.